The molecule has 1 aliphatic rings. The van der Waals surface area contributed by atoms with Crippen LogP contribution in [0.15, 0.2) is 48.5 Å². The Labute approximate surface area is 157 Å². The zero-order chi connectivity index (χ0) is 18.2. The third-order valence-corrected chi connectivity index (χ3v) is 5.85. The smallest absolute Gasteiger partial charge is 0.111 e. The van der Waals surface area contributed by atoms with E-state index in [1.165, 1.54) is 68.7 Å². The van der Waals surface area contributed by atoms with Gasteiger partial charge in [-0.05, 0) is 72.3 Å². The molecule has 136 valence electrons. The van der Waals surface area contributed by atoms with E-state index >= 15 is 0 Å². The van der Waals surface area contributed by atoms with Gasteiger partial charge in [-0.3, -0.25) is 0 Å². The quantitative estimate of drug-likeness (QED) is 0.375. The molecule has 0 radical (unpaired) electrons. The number of hydrogen-bond acceptors (Lipinski definition) is 0. The van der Waals surface area contributed by atoms with Crippen molar-refractivity contribution >= 4 is 0 Å². The van der Waals surface area contributed by atoms with Gasteiger partial charge in [0.25, 0.3) is 0 Å². The van der Waals surface area contributed by atoms with Crippen LogP contribution in [0.25, 0.3) is 11.1 Å². The Morgan fingerprint density at radius 2 is 1.46 bits per heavy atom. The van der Waals surface area contributed by atoms with Crippen molar-refractivity contribution in [3.63, 3.8) is 0 Å². The highest BCUT2D eigenvalue weighted by molar-refractivity contribution is 5.64. The molecule has 0 heterocycles. The van der Waals surface area contributed by atoms with Crippen molar-refractivity contribution in [1.82, 2.24) is 0 Å². The second-order valence-electron chi connectivity index (χ2n) is 7.63. The van der Waals surface area contributed by atoms with E-state index in [9.17, 15) is 4.39 Å². The number of unbranched alkanes of at least 4 members (excludes halogenated alkanes) is 2. The fourth-order valence-corrected chi connectivity index (χ4v) is 4.22. The van der Waals surface area contributed by atoms with Gasteiger partial charge in [0, 0.05) is 5.56 Å². The highest BCUT2D eigenvalue weighted by atomic mass is 19.1. The minimum atomic E-state index is 0.712. The summed E-state index contributed by atoms with van der Waals surface area (Å²) in [5, 5.41) is 0. The molecule has 2 aromatic rings. The molecule has 0 aliphatic heterocycles. The zero-order valence-corrected chi connectivity index (χ0v) is 15.8. The first-order valence-corrected chi connectivity index (χ1v) is 10.1. The monoisotopic (exact) mass is 348 g/mol. The van der Waals surface area contributed by atoms with E-state index in [4.69, 9.17) is 0 Å². The van der Waals surface area contributed by atoms with Gasteiger partial charge in [0.05, 0.1) is 0 Å². The van der Waals surface area contributed by atoms with Crippen molar-refractivity contribution in [1.29, 1.82) is 0 Å². The highest BCUT2D eigenvalue weighted by Crippen LogP contribution is 2.38. The minimum absolute atomic E-state index is 0.712. The summed E-state index contributed by atoms with van der Waals surface area (Å²) in [6, 6.07) is 16.8. The van der Waals surface area contributed by atoms with Gasteiger partial charge in [-0.15, -0.1) is 4.39 Å². The first-order valence-electron chi connectivity index (χ1n) is 10.1. The minimum Gasteiger partial charge on any atom is -0.144 e. The standard InChI is InChI=1S/C25H29F/c1-2-3-4-5-20-6-10-22(11-7-20)24-14-16-25(17-15-24)23-12-8-21(9-13-23)18-19-26/h8-9,12-17,20,22H,2-7,10-11H2,1H3. The number of benzene rings is 2. The number of rotatable bonds is 6. The summed E-state index contributed by atoms with van der Waals surface area (Å²) in [5.41, 5.74) is 4.56. The van der Waals surface area contributed by atoms with Gasteiger partial charge < -0.3 is 0 Å². The lowest BCUT2D eigenvalue weighted by Crippen LogP contribution is -2.13. The molecular weight excluding hydrogens is 319 g/mol. The van der Waals surface area contributed by atoms with Crippen LogP contribution in [0.1, 0.15) is 75.3 Å². The van der Waals surface area contributed by atoms with Gasteiger partial charge in [0.1, 0.15) is 6.17 Å². The number of halogens is 1. The molecule has 0 bridgehead atoms. The molecule has 0 aromatic heterocycles. The van der Waals surface area contributed by atoms with Gasteiger partial charge in [-0.2, -0.15) is 0 Å². The van der Waals surface area contributed by atoms with Crippen molar-refractivity contribution in [2.75, 3.05) is 0 Å². The number of hydrogen-bond donors (Lipinski definition) is 0. The van der Waals surface area contributed by atoms with E-state index in [0.717, 1.165) is 17.4 Å². The Kier molecular flexibility index (Phi) is 6.89. The van der Waals surface area contributed by atoms with Crippen LogP contribution in [0, 0.1) is 18.0 Å². The fourth-order valence-electron chi connectivity index (χ4n) is 4.22. The average Bonchev–Trinajstić information content (AvgIpc) is 2.70. The van der Waals surface area contributed by atoms with E-state index in [1.54, 1.807) is 0 Å². The van der Waals surface area contributed by atoms with Gasteiger partial charge in [-0.25, -0.2) is 0 Å². The summed E-state index contributed by atoms with van der Waals surface area (Å²) in [6.45, 7) is 2.28. The maximum Gasteiger partial charge on any atom is 0.111 e. The predicted molar refractivity (Wildman–Crippen MR) is 109 cm³/mol. The topological polar surface area (TPSA) is 0 Å². The SMILES string of the molecule is CCCCCC1CCC(c2ccc(-c3ccc(C#CF)cc3)cc2)CC1. The Balaban J connectivity index is 1.57. The Morgan fingerprint density at radius 1 is 0.846 bits per heavy atom. The van der Waals surface area contributed by atoms with Crippen molar-refractivity contribution in [2.45, 2.75) is 64.2 Å². The van der Waals surface area contributed by atoms with E-state index in [-0.39, 0.29) is 0 Å². The second kappa shape index (κ2) is 9.58. The van der Waals surface area contributed by atoms with Crippen molar-refractivity contribution < 1.29 is 4.39 Å². The largest absolute Gasteiger partial charge is 0.144 e. The predicted octanol–water partition coefficient (Wildman–Crippen LogP) is 7.49. The van der Waals surface area contributed by atoms with Crippen LogP contribution < -0.4 is 0 Å². The fraction of sp³-hybridized carbons (Fsp3) is 0.440. The van der Waals surface area contributed by atoms with E-state index in [2.05, 4.69) is 37.1 Å². The van der Waals surface area contributed by atoms with Crippen LogP contribution in [0.2, 0.25) is 0 Å². The van der Waals surface area contributed by atoms with Crippen LogP contribution in [0.3, 0.4) is 0 Å². The lowest BCUT2D eigenvalue weighted by Gasteiger charge is -2.29. The Hall–Kier alpha value is -2.07. The van der Waals surface area contributed by atoms with Gasteiger partial charge in [-0.1, -0.05) is 69.0 Å². The average molecular weight is 349 g/mol. The van der Waals surface area contributed by atoms with E-state index < -0.39 is 0 Å². The molecular formula is C25H29F. The molecule has 1 heteroatoms. The third-order valence-electron chi connectivity index (χ3n) is 5.85. The van der Waals surface area contributed by atoms with Crippen LogP contribution in [-0.2, 0) is 0 Å². The van der Waals surface area contributed by atoms with Crippen LogP contribution in [0.4, 0.5) is 4.39 Å². The summed E-state index contributed by atoms with van der Waals surface area (Å²) >= 11 is 0. The molecule has 3 rings (SSSR count). The normalized spacial score (nSPS) is 19.6. The van der Waals surface area contributed by atoms with Crippen molar-refractivity contribution in [3.8, 4) is 23.2 Å². The molecule has 0 N–H and O–H groups in total. The van der Waals surface area contributed by atoms with Crippen LogP contribution in [0.5, 0.6) is 0 Å². The summed E-state index contributed by atoms with van der Waals surface area (Å²) in [7, 11) is 0. The van der Waals surface area contributed by atoms with Gasteiger partial charge in [0.15, 0.2) is 0 Å². The first kappa shape index (κ1) is 18.7. The Morgan fingerprint density at radius 3 is 2.04 bits per heavy atom. The van der Waals surface area contributed by atoms with Gasteiger partial charge in [0.2, 0.25) is 0 Å². The van der Waals surface area contributed by atoms with Crippen molar-refractivity contribution in [3.05, 3.63) is 59.7 Å². The van der Waals surface area contributed by atoms with Crippen LogP contribution >= 0.6 is 0 Å². The lowest BCUT2D eigenvalue weighted by atomic mass is 9.77. The van der Waals surface area contributed by atoms with Crippen LogP contribution in [-0.4, -0.2) is 0 Å². The molecule has 0 saturated heterocycles. The zero-order valence-electron chi connectivity index (χ0n) is 15.8. The molecule has 2 aromatic carbocycles. The van der Waals surface area contributed by atoms with Crippen molar-refractivity contribution in [2.24, 2.45) is 5.92 Å². The molecule has 0 spiro atoms. The molecule has 0 unspecified atom stereocenters. The lowest BCUT2D eigenvalue weighted by molar-refractivity contribution is 0.303. The first-order chi connectivity index (χ1) is 12.8. The molecule has 0 atom stereocenters. The van der Waals surface area contributed by atoms with E-state index in [1.807, 2.05) is 24.3 Å². The maximum absolute atomic E-state index is 12.1. The summed E-state index contributed by atoms with van der Waals surface area (Å²) in [5.74, 6) is 4.13. The van der Waals surface area contributed by atoms with E-state index in [0.29, 0.717) is 5.56 Å². The summed E-state index contributed by atoms with van der Waals surface area (Å²) in [4.78, 5) is 0. The molecule has 0 amide bonds. The molecule has 1 saturated carbocycles. The molecule has 0 nitrogen and oxygen atoms in total. The third kappa shape index (κ3) is 4.98. The maximum atomic E-state index is 12.1. The molecule has 1 aliphatic carbocycles. The van der Waals surface area contributed by atoms with Gasteiger partial charge >= 0.3 is 0 Å². The summed E-state index contributed by atoms with van der Waals surface area (Å²) < 4.78 is 12.1. The summed E-state index contributed by atoms with van der Waals surface area (Å²) in [6.07, 6.45) is 12.5. The molecule has 26 heavy (non-hydrogen) atoms. The second-order valence-corrected chi connectivity index (χ2v) is 7.63. The molecule has 1 fully saturated rings. The Bertz CT molecular complexity index is 722. The highest BCUT2D eigenvalue weighted by Gasteiger charge is 2.21.